The Morgan fingerprint density at radius 3 is 2.57 bits per heavy atom. The third-order valence-corrected chi connectivity index (χ3v) is 11.6. The van der Waals surface area contributed by atoms with Gasteiger partial charge < -0.3 is 19.1 Å². The second kappa shape index (κ2) is 12.9. The minimum absolute atomic E-state index is 0.0217. The van der Waals surface area contributed by atoms with Crippen LogP contribution in [0.25, 0.3) is 0 Å². The molecule has 7 heteroatoms. The number of aryl methyl sites for hydroxylation is 2. The third-order valence-electron chi connectivity index (χ3n) is 11.6. The number of carbonyl (C=O) groups is 2. The van der Waals surface area contributed by atoms with Crippen LogP contribution in [-0.4, -0.2) is 72.2 Å². The van der Waals surface area contributed by atoms with E-state index in [1.807, 2.05) is 29.2 Å². The topological polar surface area (TPSA) is 68.3 Å². The van der Waals surface area contributed by atoms with Crippen molar-refractivity contribution in [3.63, 3.8) is 0 Å². The van der Waals surface area contributed by atoms with Gasteiger partial charge in [-0.3, -0.25) is 14.5 Å². The molecular formula is C42H48N2O5. The fourth-order valence-corrected chi connectivity index (χ4v) is 9.47. The van der Waals surface area contributed by atoms with Gasteiger partial charge in [0.2, 0.25) is 0 Å². The molecule has 0 radical (unpaired) electrons. The van der Waals surface area contributed by atoms with Crippen LogP contribution in [0.15, 0.2) is 60.7 Å². The average molecular weight is 661 g/mol. The maximum absolute atomic E-state index is 14.2. The van der Waals surface area contributed by atoms with E-state index in [1.165, 1.54) is 23.6 Å². The standard InChI is InChI=1S/C42H48N2O5/c1-27(2)26-44(37(46)17-14-32-13-12-28(3)29(4)24-32)34-18-20-42(49-30(5)45)36-25-33-15-16-35(47-6)39-38(33)41(42,40(34)48-39)21-23-43(36)22-19-31-10-8-7-9-11-31/h7-13,15-16,24,27,34,36,40H,18-23,25-26H2,1-6H3/t34-,36+,40-,41-,42+/m0/s1. The molecule has 1 saturated carbocycles. The van der Waals surface area contributed by atoms with E-state index in [2.05, 4.69) is 80.8 Å². The number of hydrogen-bond donors (Lipinski definition) is 0. The summed E-state index contributed by atoms with van der Waals surface area (Å²) in [6.07, 6.45) is 3.27. The van der Waals surface area contributed by atoms with Crippen LogP contribution in [0.3, 0.4) is 0 Å². The number of amides is 1. The third kappa shape index (κ3) is 5.49. The van der Waals surface area contributed by atoms with Gasteiger partial charge in [-0.05, 0) is 98.9 Å². The zero-order chi connectivity index (χ0) is 34.5. The lowest BCUT2D eigenvalue weighted by Crippen LogP contribution is -2.79. The lowest BCUT2D eigenvalue weighted by Gasteiger charge is -2.65. The van der Waals surface area contributed by atoms with Crippen LogP contribution < -0.4 is 9.47 Å². The molecule has 4 aliphatic rings. The van der Waals surface area contributed by atoms with Gasteiger partial charge in [0.25, 0.3) is 5.91 Å². The Bertz CT molecular complexity index is 1830. The Kier molecular flexibility index (Phi) is 8.73. The summed E-state index contributed by atoms with van der Waals surface area (Å²) < 4.78 is 19.7. The fourth-order valence-electron chi connectivity index (χ4n) is 9.47. The SMILES string of the molecule is COc1ccc2c3c1O[C@H]1[C@@H](N(CC(C)C)C(=O)C#Cc4ccc(C)c(C)c4)CC[C@@]4(OC(C)=O)[C@@H](C2)N(CCc2ccccc2)CC[C@]314. The number of ether oxygens (including phenoxy) is 3. The number of methoxy groups -OCH3 is 1. The summed E-state index contributed by atoms with van der Waals surface area (Å²) in [7, 11) is 1.67. The van der Waals surface area contributed by atoms with E-state index in [1.54, 1.807) is 7.11 Å². The molecule has 2 aliphatic carbocycles. The van der Waals surface area contributed by atoms with Gasteiger partial charge in [0.1, 0.15) is 11.7 Å². The number of piperidine rings is 1. The molecule has 1 amide bonds. The van der Waals surface area contributed by atoms with Gasteiger partial charge in [0.15, 0.2) is 11.5 Å². The van der Waals surface area contributed by atoms with Gasteiger partial charge in [0.05, 0.1) is 24.6 Å². The first-order chi connectivity index (χ1) is 23.6. The minimum Gasteiger partial charge on any atom is -0.493 e. The molecule has 2 aliphatic heterocycles. The van der Waals surface area contributed by atoms with E-state index in [9.17, 15) is 9.59 Å². The predicted octanol–water partition coefficient (Wildman–Crippen LogP) is 6.18. The molecule has 7 rings (SSSR count). The summed E-state index contributed by atoms with van der Waals surface area (Å²) in [5.74, 6) is 7.33. The summed E-state index contributed by atoms with van der Waals surface area (Å²) in [6, 6.07) is 20.5. The minimum atomic E-state index is -0.808. The zero-order valence-electron chi connectivity index (χ0n) is 29.7. The normalized spacial score (nSPS) is 26.2. The van der Waals surface area contributed by atoms with Crippen LogP contribution >= 0.6 is 0 Å². The monoisotopic (exact) mass is 660 g/mol. The number of hydrogen-bond acceptors (Lipinski definition) is 6. The lowest BCUT2D eigenvalue weighted by molar-refractivity contribution is -0.224. The van der Waals surface area contributed by atoms with Crippen molar-refractivity contribution in [2.75, 3.05) is 26.7 Å². The summed E-state index contributed by atoms with van der Waals surface area (Å²) in [4.78, 5) is 31.9. The number of rotatable bonds is 8. The first kappa shape index (κ1) is 33.2. The second-order valence-corrected chi connectivity index (χ2v) is 14.9. The van der Waals surface area contributed by atoms with Crippen molar-refractivity contribution in [2.24, 2.45) is 5.92 Å². The largest absolute Gasteiger partial charge is 0.493 e. The van der Waals surface area contributed by atoms with Gasteiger partial charge in [-0.1, -0.05) is 62.2 Å². The molecule has 5 atom stereocenters. The van der Waals surface area contributed by atoms with Crippen molar-refractivity contribution in [2.45, 2.75) is 95.9 Å². The Labute approximate surface area is 290 Å². The highest BCUT2D eigenvalue weighted by Gasteiger charge is 2.75. The fraction of sp³-hybridized carbons (Fsp3) is 0.476. The summed E-state index contributed by atoms with van der Waals surface area (Å²) in [6.45, 7) is 12.2. The number of nitrogens with zero attached hydrogens (tertiary/aromatic N) is 2. The van der Waals surface area contributed by atoms with Gasteiger partial charge in [-0.15, -0.1) is 0 Å². The average Bonchev–Trinajstić information content (AvgIpc) is 3.43. The van der Waals surface area contributed by atoms with Crippen molar-refractivity contribution in [1.29, 1.82) is 0 Å². The molecule has 256 valence electrons. The molecule has 1 saturated heterocycles. The van der Waals surface area contributed by atoms with Gasteiger partial charge in [0, 0.05) is 37.1 Å². The van der Waals surface area contributed by atoms with Gasteiger partial charge in [-0.25, -0.2) is 0 Å². The van der Waals surface area contributed by atoms with Gasteiger partial charge >= 0.3 is 5.97 Å². The molecule has 0 aromatic heterocycles. The molecule has 3 aromatic rings. The van der Waals surface area contributed by atoms with Crippen molar-refractivity contribution < 1.29 is 23.8 Å². The first-order valence-electron chi connectivity index (χ1n) is 17.8. The van der Waals surface area contributed by atoms with Gasteiger partial charge in [-0.2, -0.15) is 0 Å². The van der Waals surface area contributed by atoms with E-state index in [0.717, 1.165) is 54.8 Å². The smallest absolute Gasteiger partial charge is 0.303 e. The highest BCUT2D eigenvalue weighted by molar-refractivity contribution is 5.94. The molecule has 2 fully saturated rings. The van der Waals surface area contributed by atoms with Crippen molar-refractivity contribution >= 4 is 11.9 Å². The molecular weight excluding hydrogens is 612 g/mol. The highest BCUT2D eigenvalue weighted by atomic mass is 16.6. The zero-order valence-corrected chi connectivity index (χ0v) is 29.7. The number of likely N-dealkylation sites (tertiary alicyclic amines) is 1. The lowest BCUT2D eigenvalue weighted by atomic mass is 9.48. The quantitative estimate of drug-likeness (QED) is 0.212. The molecule has 0 unspecified atom stereocenters. The van der Waals surface area contributed by atoms with Crippen LogP contribution in [0.1, 0.15) is 73.4 Å². The van der Waals surface area contributed by atoms with E-state index in [0.29, 0.717) is 25.1 Å². The molecule has 3 aromatic carbocycles. The first-order valence-corrected chi connectivity index (χ1v) is 17.8. The Morgan fingerprint density at radius 2 is 1.86 bits per heavy atom. The van der Waals surface area contributed by atoms with E-state index >= 15 is 0 Å². The highest BCUT2D eigenvalue weighted by Crippen LogP contribution is 2.67. The van der Waals surface area contributed by atoms with Crippen LogP contribution in [0.5, 0.6) is 11.5 Å². The Hall–Kier alpha value is -4.28. The van der Waals surface area contributed by atoms with Crippen LogP contribution in [0.4, 0.5) is 0 Å². The van der Waals surface area contributed by atoms with Crippen molar-refractivity contribution in [1.82, 2.24) is 9.80 Å². The number of esters is 1. The number of benzene rings is 3. The second-order valence-electron chi connectivity index (χ2n) is 14.9. The summed E-state index contributed by atoms with van der Waals surface area (Å²) in [5.41, 5.74) is 5.35. The summed E-state index contributed by atoms with van der Waals surface area (Å²) in [5, 5.41) is 0. The molecule has 1 spiro atoms. The predicted molar refractivity (Wildman–Crippen MR) is 190 cm³/mol. The molecule has 0 N–H and O–H groups in total. The van der Waals surface area contributed by atoms with Crippen LogP contribution in [-0.2, 0) is 32.6 Å². The molecule has 2 heterocycles. The van der Waals surface area contributed by atoms with Crippen LogP contribution in [0.2, 0.25) is 0 Å². The maximum Gasteiger partial charge on any atom is 0.303 e. The van der Waals surface area contributed by atoms with E-state index in [4.69, 9.17) is 14.2 Å². The summed E-state index contributed by atoms with van der Waals surface area (Å²) >= 11 is 0. The van der Waals surface area contributed by atoms with Crippen molar-refractivity contribution in [3.05, 3.63) is 94.0 Å². The van der Waals surface area contributed by atoms with Crippen LogP contribution in [0, 0.1) is 31.6 Å². The van der Waals surface area contributed by atoms with E-state index < -0.39 is 17.1 Å². The Balaban J connectivity index is 1.32. The maximum atomic E-state index is 14.2. The van der Waals surface area contributed by atoms with Crippen molar-refractivity contribution in [3.8, 4) is 23.3 Å². The van der Waals surface area contributed by atoms with E-state index in [-0.39, 0.29) is 29.9 Å². The molecule has 7 nitrogen and oxygen atoms in total. The number of carbonyl (C=O) groups excluding carboxylic acids is 2. The molecule has 2 bridgehead atoms. The molecule has 49 heavy (non-hydrogen) atoms. The Morgan fingerprint density at radius 1 is 1.06 bits per heavy atom.